The maximum absolute atomic E-state index is 13.1. The van der Waals surface area contributed by atoms with Crippen LogP contribution in [0.4, 0.5) is 5.82 Å². The third kappa shape index (κ3) is 3.04. The van der Waals surface area contributed by atoms with E-state index in [1.165, 1.54) is 24.3 Å². The molecule has 1 spiro atoms. The molecule has 1 aromatic heterocycles. The van der Waals surface area contributed by atoms with E-state index in [9.17, 15) is 8.42 Å². The second-order valence-electron chi connectivity index (χ2n) is 8.92. The van der Waals surface area contributed by atoms with Gasteiger partial charge in [-0.1, -0.05) is 29.4 Å². The van der Waals surface area contributed by atoms with E-state index >= 15 is 0 Å². The van der Waals surface area contributed by atoms with Gasteiger partial charge in [0.25, 0.3) is 10.0 Å². The Labute approximate surface area is 186 Å². The zero-order valence-corrected chi connectivity index (χ0v) is 18.6. The summed E-state index contributed by atoms with van der Waals surface area (Å²) in [5, 5.41) is 4.15. The molecule has 8 heteroatoms. The zero-order chi connectivity index (χ0) is 21.9. The van der Waals surface area contributed by atoms with Gasteiger partial charge in [0, 0.05) is 29.1 Å². The fourth-order valence-electron chi connectivity index (χ4n) is 5.08. The molecule has 7 nitrogen and oxygen atoms in total. The number of anilines is 1. The molecule has 2 fully saturated rings. The van der Waals surface area contributed by atoms with Gasteiger partial charge in [0.2, 0.25) is 0 Å². The summed E-state index contributed by atoms with van der Waals surface area (Å²) in [6, 6.07) is 13.2. The minimum Gasteiger partial charge on any atom is -0.495 e. The number of aromatic nitrogens is 1. The lowest BCUT2D eigenvalue weighted by Crippen LogP contribution is -2.20. The summed E-state index contributed by atoms with van der Waals surface area (Å²) < 4.78 is 45.5. The summed E-state index contributed by atoms with van der Waals surface area (Å²) in [5.74, 6) is 1.59. The number of para-hydroxylation sites is 1. The average molecular weight is 453 g/mol. The highest BCUT2D eigenvalue weighted by Gasteiger charge is 2.50. The quantitative estimate of drug-likeness (QED) is 0.623. The topological polar surface area (TPSA) is 90.7 Å². The molecule has 2 aromatic carbocycles. The van der Waals surface area contributed by atoms with Crippen LogP contribution in [0.25, 0.3) is 11.3 Å². The highest BCUT2D eigenvalue weighted by atomic mass is 32.2. The van der Waals surface area contributed by atoms with Crippen molar-refractivity contribution in [3.63, 3.8) is 0 Å². The van der Waals surface area contributed by atoms with Crippen molar-refractivity contribution in [1.82, 2.24) is 5.16 Å². The number of sulfonamides is 1. The van der Waals surface area contributed by atoms with Gasteiger partial charge in [-0.15, -0.1) is 0 Å². The van der Waals surface area contributed by atoms with E-state index in [-0.39, 0.29) is 21.9 Å². The minimum absolute atomic E-state index is 0.0449. The van der Waals surface area contributed by atoms with Gasteiger partial charge in [-0.05, 0) is 55.0 Å². The third-order valence-electron chi connectivity index (χ3n) is 7.01. The molecule has 3 aliphatic rings. The lowest BCUT2D eigenvalue weighted by molar-refractivity contribution is 0.194. The molecule has 1 atom stereocenters. The lowest BCUT2D eigenvalue weighted by Gasteiger charge is -2.25. The molecular weight excluding hydrogens is 428 g/mol. The normalized spacial score (nSPS) is 20.6. The summed E-state index contributed by atoms with van der Waals surface area (Å²) >= 11 is 0. The Balaban J connectivity index is 1.41. The first kappa shape index (κ1) is 19.8. The van der Waals surface area contributed by atoms with Crippen LogP contribution >= 0.6 is 0 Å². The Morgan fingerprint density at radius 1 is 1.19 bits per heavy atom. The molecule has 1 aliphatic heterocycles. The van der Waals surface area contributed by atoms with Crippen molar-refractivity contribution in [3.05, 3.63) is 59.2 Å². The van der Waals surface area contributed by atoms with Gasteiger partial charge in [0.05, 0.1) is 13.7 Å². The van der Waals surface area contributed by atoms with E-state index in [0.29, 0.717) is 18.1 Å². The Kier molecular flexibility index (Phi) is 4.39. The fraction of sp³-hybridized carbons (Fsp3) is 0.375. The van der Waals surface area contributed by atoms with Crippen molar-refractivity contribution in [2.45, 2.75) is 41.9 Å². The van der Waals surface area contributed by atoms with Crippen molar-refractivity contribution in [2.75, 3.05) is 25.0 Å². The molecule has 1 unspecified atom stereocenters. The van der Waals surface area contributed by atoms with E-state index in [4.69, 9.17) is 14.0 Å². The van der Waals surface area contributed by atoms with Crippen molar-refractivity contribution in [2.24, 2.45) is 0 Å². The van der Waals surface area contributed by atoms with Crippen LogP contribution in [-0.4, -0.2) is 33.9 Å². The Hall–Kier alpha value is -2.84. The number of hydrogen-bond acceptors (Lipinski definition) is 6. The molecular formula is C24H24N2O5S. The Morgan fingerprint density at radius 3 is 2.78 bits per heavy atom. The molecule has 0 bridgehead atoms. The summed E-state index contributed by atoms with van der Waals surface area (Å²) in [6.07, 6.45) is 3.88. The minimum atomic E-state index is -3.89. The van der Waals surface area contributed by atoms with Crippen LogP contribution in [0.3, 0.4) is 0 Å². The smallest absolute Gasteiger partial charge is 0.266 e. The second-order valence-corrected chi connectivity index (χ2v) is 10.6. The SMILES string of the molecule is COc1ccccc1S(=O)(=O)Nc1noc2c1CC1(CC1)c1ccc(C3CCOC3)cc1-2. The monoisotopic (exact) mass is 452 g/mol. The molecule has 1 saturated carbocycles. The van der Waals surface area contributed by atoms with Gasteiger partial charge in [-0.25, -0.2) is 8.42 Å². The summed E-state index contributed by atoms with van der Waals surface area (Å²) in [4.78, 5) is 0.0696. The fourth-order valence-corrected chi connectivity index (χ4v) is 6.28. The van der Waals surface area contributed by atoms with Crippen LogP contribution in [0.15, 0.2) is 51.9 Å². The number of nitrogens with zero attached hydrogens (tertiary/aromatic N) is 1. The van der Waals surface area contributed by atoms with Crippen LogP contribution in [0.1, 0.15) is 41.9 Å². The number of benzene rings is 2. The zero-order valence-electron chi connectivity index (χ0n) is 17.8. The largest absolute Gasteiger partial charge is 0.495 e. The molecule has 0 amide bonds. The van der Waals surface area contributed by atoms with Gasteiger partial charge in [0.15, 0.2) is 11.6 Å². The number of nitrogens with one attached hydrogen (secondary N) is 1. The summed E-state index contributed by atoms with van der Waals surface area (Å²) in [5.41, 5.74) is 4.42. The highest BCUT2D eigenvalue weighted by molar-refractivity contribution is 7.92. The summed E-state index contributed by atoms with van der Waals surface area (Å²) in [7, 11) is -2.44. The molecule has 32 heavy (non-hydrogen) atoms. The predicted octanol–water partition coefficient (Wildman–Crippen LogP) is 4.24. The number of fused-ring (bicyclic) bond motifs is 4. The molecule has 1 saturated heterocycles. The van der Waals surface area contributed by atoms with E-state index in [0.717, 1.165) is 43.6 Å². The van der Waals surface area contributed by atoms with Gasteiger partial charge in [-0.3, -0.25) is 4.72 Å². The lowest BCUT2D eigenvalue weighted by atomic mass is 9.78. The van der Waals surface area contributed by atoms with Crippen molar-refractivity contribution in [3.8, 4) is 17.1 Å². The number of ether oxygens (including phenoxy) is 2. The Bertz CT molecular complexity index is 1300. The average Bonchev–Trinajstić information content (AvgIpc) is 3.19. The third-order valence-corrected chi connectivity index (χ3v) is 8.39. The predicted molar refractivity (Wildman–Crippen MR) is 119 cm³/mol. The van der Waals surface area contributed by atoms with E-state index in [1.807, 2.05) is 0 Å². The van der Waals surface area contributed by atoms with Gasteiger partial charge in [-0.2, -0.15) is 0 Å². The first-order valence-corrected chi connectivity index (χ1v) is 12.4. The maximum Gasteiger partial charge on any atom is 0.266 e. The molecule has 2 aliphatic carbocycles. The molecule has 1 N–H and O–H groups in total. The van der Waals surface area contributed by atoms with Gasteiger partial charge in [0.1, 0.15) is 10.6 Å². The van der Waals surface area contributed by atoms with Crippen molar-refractivity contribution < 1.29 is 22.4 Å². The number of hydrogen-bond donors (Lipinski definition) is 1. The Morgan fingerprint density at radius 2 is 2.03 bits per heavy atom. The molecule has 2 heterocycles. The van der Waals surface area contributed by atoms with Crippen molar-refractivity contribution in [1.29, 1.82) is 0 Å². The van der Waals surface area contributed by atoms with Gasteiger partial charge < -0.3 is 14.0 Å². The van der Waals surface area contributed by atoms with E-state index in [2.05, 4.69) is 28.1 Å². The van der Waals surface area contributed by atoms with Crippen molar-refractivity contribution >= 4 is 15.8 Å². The molecule has 6 rings (SSSR count). The second kappa shape index (κ2) is 7.08. The first-order chi connectivity index (χ1) is 15.5. The standard InChI is InChI=1S/C24H24N2O5S/c1-29-20-4-2-3-5-21(20)32(27,28)26-23-18-13-24(9-10-24)19-7-6-15(16-8-11-30-14-16)12-17(19)22(18)31-25-23/h2-7,12,16H,8-11,13-14H2,1H3,(H,25,26). The van der Waals surface area contributed by atoms with Crippen LogP contribution in [0.5, 0.6) is 5.75 Å². The molecule has 0 radical (unpaired) electrons. The van der Waals surface area contributed by atoms with E-state index < -0.39 is 10.0 Å². The van der Waals surface area contributed by atoms with Crippen LogP contribution in [0.2, 0.25) is 0 Å². The van der Waals surface area contributed by atoms with Crippen LogP contribution < -0.4 is 9.46 Å². The first-order valence-electron chi connectivity index (χ1n) is 10.9. The maximum atomic E-state index is 13.1. The number of rotatable bonds is 5. The highest BCUT2D eigenvalue weighted by Crippen LogP contribution is 2.58. The van der Waals surface area contributed by atoms with Gasteiger partial charge >= 0.3 is 0 Å². The molecule has 3 aromatic rings. The molecule has 166 valence electrons. The summed E-state index contributed by atoms with van der Waals surface area (Å²) in [6.45, 7) is 1.52. The number of methoxy groups -OCH3 is 1. The van der Waals surface area contributed by atoms with E-state index in [1.54, 1.807) is 18.2 Å². The van der Waals surface area contributed by atoms with Crippen LogP contribution in [0, 0.1) is 0 Å². The van der Waals surface area contributed by atoms with Crippen LogP contribution in [-0.2, 0) is 26.6 Å².